The molecule has 0 bridgehead atoms. The Morgan fingerprint density at radius 2 is 1.97 bits per heavy atom. The van der Waals surface area contributed by atoms with E-state index >= 15 is 0 Å². The maximum absolute atomic E-state index is 12.9. The summed E-state index contributed by atoms with van der Waals surface area (Å²) in [4.78, 5) is 15.2. The van der Waals surface area contributed by atoms with Crippen molar-refractivity contribution in [2.24, 2.45) is 0 Å². The maximum atomic E-state index is 12.9. The molecule has 0 N–H and O–H groups in total. The van der Waals surface area contributed by atoms with E-state index in [4.69, 9.17) is 0 Å². The highest BCUT2D eigenvalue weighted by Crippen LogP contribution is 2.30. The molecule has 1 aromatic carbocycles. The van der Waals surface area contributed by atoms with Crippen LogP contribution in [0.4, 0.5) is 5.69 Å². The van der Waals surface area contributed by atoms with Gasteiger partial charge < -0.3 is 4.90 Å². The monoisotopic (exact) mass is 424 g/mol. The topological polar surface area (TPSA) is 28.2 Å². The SMILES string of the molecule is CCN1/C(=C/C=c2\s/c(=C\C3=[N+](C)CCS3)n(CC)c2=O)C=Cc2ccccc21. The summed E-state index contributed by atoms with van der Waals surface area (Å²) in [5, 5.41) is 1.24. The van der Waals surface area contributed by atoms with Gasteiger partial charge in [-0.1, -0.05) is 36.0 Å². The Labute approximate surface area is 179 Å². The van der Waals surface area contributed by atoms with Gasteiger partial charge in [-0.25, -0.2) is 4.58 Å². The van der Waals surface area contributed by atoms with Crippen LogP contribution in [0.25, 0.3) is 18.2 Å². The number of anilines is 1. The fourth-order valence-corrected chi connectivity index (χ4v) is 5.87. The Kier molecular flexibility index (Phi) is 5.92. The van der Waals surface area contributed by atoms with Crippen molar-refractivity contribution in [1.82, 2.24) is 4.57 Å². The number of hydrogen-bond donors (Lipinski definition) is 0. The molecule has 29 heavy (non-hydrogen) atoms. The zero-order valence-electron chi connectivity index (χ0n) is 17.1. The average molecular weight is 425 g/mol. The summed E-state index contributed by atoms with van der Waals surface area (Å²) >= 11 is 3.43. The second-order valence-electron chi connectivity index (χ2n) is 7.00. The van der Waals surface area contributed by atoms with Crippen LogP contribution in [0.1, 0.15) is 19.4 Å². The van der Waals surface area contributed by atoms with E-state index in [9.17, 15) is 4.79 Å². The van der Waals surface area contributed by atoms with Gasteiger partial charge in [0.25, 0.3) is 5.56 Å². The highest BCUT2D eigenvalue weighted by molar-refractivity contribution is 8.14. The standard InChI is InChI=1S/C23H26N3OS2/c1-4-25-18(11-10-17-8-6-7-9-19(17)25)12-13-20-23(27)26(5-2)22(29-20)16-21-24(3)14-15-28-21/h6-13,16H,4-5,14-15H2,1-3H3/q+1/b18-12+,20-13-. The van der Waals surface area contributed by atoms with Crippen molar-refractivity contribution in [1.29, 1.82) is 0 Å². The Bertz CT molecular complexity index is 1200. The molecule has 0 fully saturated rings. The van der Waals surface area contributed by atoms with Crippen LogP contribution in [-0.2, 0) is 6.54 Å². The molecule has 2 aliphatic rings. The van der Waals surface area contributed by atoms with Gasteiger partial charge in [0.05, 0.1) is 16.4 Å². The van der Waals surface area contributed by atoms with Crippen LogP contribution in [0.3, 0.4) is 0 Å². The van der Waals surface area contributed by atoms with E-state index in [0.717, 1.165) is 33.7 Å². The fraction of sp³-hybridized carbons (Fsp3) is 0.304. The first-order chi connectivity index (χ1) is 14.1. The van der Waals surface area contributed by atoms with E-state index in [1.165, 1.54) is 16.3 Å². The first kappa shape index (κ1) is 20.0. The number of para-hydroxylation sites is 1. The van der Waals surface area contributed by atoms with Gasteiger partial charge in [0.15, 0.2) is 6.54 Å². The molecule has 0 radical (unpaired) electrons. The number of allylic oxidation sites excluding steroid dienone is 2. The average Bonchev–Trinajstić information content (AvgIpc) is 3.28. The Morgan fingerprint density at radius 3 is 2.69 bits per heavy atom. The third-order valence-corrected chi connectivity index (χ3v) is 7.44. The van der Waals surface area contributed by atoms with Crippen molar-refractivity contribution in [3.63, 3.8) is 0 Å². The molecule has 4 nitrogen and oxygen atoms in total. The van der Waals surface area contributed by atoms with E-state index in [-0.39, 0.29) is 5.56 Å². The largest absolute Gasteiger partial charge is 0.341 e. The number of aromatic nitrogens is 1. The number of fused-ring (bicyclic) bond motifs is 1. The van der Waals surface area contributed by atoms with E-state index in [0.29, 0.717) is 6.54 Å². The van der Waals surface area contributed by atoms with E-state index in [1.807, 2.05) is 29.3 Å². The molecule has 0 aliphatic carbocycles. The number of thioether (sulfide) groups is 1. The van der Waals surface area contributed by atoms with Crippen molar-refractivity contribution in [2.75, 3.05) is 30.8 Å². The molecule has 2 aromatic rings. The van der Waals surface area contributed by atoms with Crippen LogP contribution in [0, 0.1) is 0 Å². The van der Waals surface area contributed by atoms with Gasteiger partial charge in [-0.3, -0.25) is 9.36 Å². The second kappa shape index (κ2) is 8.59. The molecule has 150 valence electrons. The third-order valence-electron chi connectivity index (χ3n) is 5.25. The van der Waals surface area contributed by atoms with Crippen molar-refractivity contribution in [3.8, 4) is 0 Å². The molecule has 0 atom stereocenters. The summed E-state index contributed by atoms with van der Waals surface area (Å²) in [7, 11) is 2.11. The third kappa shape index (κ3) is 3.91. The van der Waals surface area contributed by atoms with E-state index < -0.39 is 0 Å². The van der Waals surface area contributed by atoms with Gasteiger partial charge in [-0.2, -0.15) is 0 Å². The van der Waals surface area contributed by atoms with Crippen LogP contribution in [0.15, 0.2) is 46.9 Å². The van der Waals surface area contributed by atoms with Gasteiger partial charge in [-0.05, 0) is 43.7 Å². The van der Waals surface area contributed by atoms with Gasteiger partial charge in [0, 0.05) is 24.5 Å². The maximum Gasteiger partial charge on any atom is 0.269 e. The molecule has 4 rings (SSSR count). The Balaban J connectivity index is 1.77. The smallest absolute Gasteiger partial charge is 0.269 e. The zero-order chi connectivity index (χ0) is 20.4. The van der Waals surface area contributed by atoms with Crippen LogP contribution >= 0.6 is 23.1 Å². The molecular formula is C23H26N3OS2+. The molecule has 0 saturated heterocycles. The molecule has 0 amide bonds. The number of rotatable bonds is 4. The van der Waals surface area contributed by atoms with Gasteiger partial charge in [-0.15, -0.1) is 11.3 Å². The molecule has 0 unspecified atom stereocenters. The normalized spacial score (nSPS) is 19.0. The minimum Gasteiger partial charge on any atom is -0.341 e. The minimum absolute atomic E-state index is 0.0927. The molecule has 0 saturated carbocycles. The first-order valence-corrected chi connectivity index (χ1v) is 11.8. The van der Waals surface area contributed by atoms with E-state index in [2.05, 4.69) is 72.0 Å². The predicted octanol–water partition coefficient (Wildman–Crippen LogP) is 2.72. The molecule has 0 spiro atoms. The van der Waals surface area contributed by atoms with Crippen LogP contribution in [-0.4, -0.2) is 40.1 Å². The highest BCUT2D eigenvalue weighted by atomic mass is 32.2. The highest BCUT2D eigenvalue weighted by Gasteiger charge is 2.18. The van der Waals surface area contributed by atoms with Crippen molar-refractivity contribution < 1.29 is 4.58 Å². The summed E-state index contributed by atoms with van der Waals surface area (Å²) in [6.45, 7) is 6.81. The summed E-state index contributed by atoms with van der Waals surface area (Å²) in [5.41, 5.74) is 3.63. The lowest BCUT2D eigenvalue weighted by Gasteiger charge is -2.29. The molecule has 3 heterocycles. The number of hydrogen-bond acceptors (Lipinski definition) is 4. The molecule has 2 aliphatic heterocycles. The molecule has 1 aromatic heterocycles. The quantitative estimate of drug-likeness (QED) is 0.707. The fourth-order valence-electron chi connectivity index (χ4n) is 3.66. The lowest BCUT2D eigenvalue weighted by molar-refractivity contribution is -0.484. The van der Waals surface area contributed by atoms with Gasteiger partial charge >= 0.3 is 0 Å². The summed E-state index contributed by atoms with van der Waals surface area (Å²) in [5.74, 6) is 1.11. The summed E-state index contributed by atoms with van der Waals surface area (Å²) in [6.07, 6.45) is 10.5. The van der Waals surface area contributed by atoms with Gasteiger partial charge in [0.2, 0.25) is 5.04 Å². The lowest BCUT2D eigenvalue weighted by atomic mass is 10.1. The second-order valence-corrected chi connectivity index (χ2v) is 9.18. The predicted molar refractivity (Wildman–Crippen MR) is 128 cm³/mol. The number of thiazole rings is 1. The molecule has 6 heteroatoms. The Hall–Kier alpha value is -2.31. The number of nitrogens with zero attached hydrogens (tertiary/aromatic N) is 3. The van der Waals surface area contributed by atoms with Crippen molar-refractivity contribution in [3.05, 3.63) is 67.2 Å². The Morgan fingerprint density at radius 1 is 1.14 bits per heavy atom. The zero-order valence-corrected chi connectivity index (χ0v) is 18.7. The number of benzene rings is 1. The summed E-state index contributed by atoms with van der Waals surface area (Å²) in [6, 6.07) is 8.41. The van der Waals surface area contributed by atoms with Crippen molar-refractivity contribution in [2.45, 2.75) is 20.4 Å². The molecular weight excluding hydrogens is 398 g/mol. The minimum atomic E-state index is 0.0927. The van der Waals surface area contributed by atoms with Gasteiger partial charge in [0.1, 0.15) is 11.7 Å². The summed E-state index contributed by atoms with van der Waals surface area (Å²) < 4.78 is 5.93. The number of likely N-dealkylation sites (N-methyl/N-ethyl adjacent to an activating group) is 1. The van der Waals surface area contributed by atoms with Crippen LogP contribution in [0.5, 0.6) is 0 Å². The van der Waals surface area contributed by atoms with Crippen LogP contribution < -0.4 is 19.7 Å². The lowest BCUT2D eigenvalue weighted by Crippen LogP contribution is -2.31. The van der Waals surface area contributed by atoms with E-state index in [1.54, 1.807) is 11.3 Å². The van der Waals surface area contributed by atoms with Crippen molar-refractivity contribution >= 4 is 52.1 Å². The first-order valence-electron chi connectivity index (χ1n) is 10.0. The van der Waals surface area contributed by atoms with Crippen LogP contribution in [0.2, 0.25) is 0 Å².